The van der Waals surface area contributed by atoms with E-state index >= 15 is 0 Å². The Hall–Kier alpha value is -2.40. The summed E-state index contributed by atoms with van der Waals surface area (Å²) in [7, 11) is 4.09. The van der Waals surface area contributed by atoms with Gasteiger partial charge in [-0.15, -0.1) is 0 Å². The van der Waals surface area contributed by atoms with E-state index in [-0.39, 0.29) is 11.6 Å². The van der Waals surface area contributed by atoms with E-state index in [9.17, 15) is 9.50 Å². The Labute approximate surface area is 134 Å². The molecule has 1 N–H and O–H groups in total. The second-order valence-corrected chi connectivity index (χ2v) is 5.97. The van der Waals surface area contributed by atoms with Crippen LogP contribution in [-0.4, -0.2) is 40.2 Å². The summed E-state index contributed by atoms with van der Waals surface area (Å²) in [5, 5.41) is 10.6. The van der Waals surface area contributed by atoms with Crippen LogP contribution in [0.15, 0.2) is 42.7 Å². The van der Waals surface area contributed by atoms with Gasteiger partial charge in [0.05, 0.1) is 11.9 Å². The molecule has 2 heterocycles. The van der Waals surface area contributed by atoms with E-state index in [0.717, 1.165) is 41.7 Å². The van der Waals surface area contributed by atoms with Gasteiger partial charge in [0.15, 0.2) is 0 Å². The molecule has 120 valence electrons. The van der Waals surface area contributed by atoms with Gasteiger partial charge in [0.1, 0.15) is 11.6 Å². The average Bonchev–Trinajstić information content (AvgIpc) is 2.85. The van der Waals surface area contributed by atoms with E-state index in [2.05, 4.69) is 14.5 Å². The number of aryl methyl sites for hydroxylation is 1. The molecule has 0 fully saturated rings. The van der Waals surface area contributed by atoms with Gasteiger partial charge in [0, 0.05) is 29.2 Å². The fourth-order valence-corrected chi connectivity index (χ4v) is 2.84. The highest BCUT2D eigenvalue weighted by atomic mass is 19.1. The van der Waals surface area contributed by atoms with Crippen molar-refractivity contribution in [1.29, 1.82) is 0 Å². The van der Waals surface area contributed by atoms with Crippen LogP contribution in [-0.2, 0) is 6.54 Å². The molecule has 0 unspecified atom stereocenters. The maximum atomic E-state index is 13.5. The Balaban J connectivity index is 2.07. The molecule has 0 atom stereocenters. The number of hydrogen-bond donors (Lipinski definition) is 1. The number of aromatic hydroxyl groups is 1. The van der Waals surface area contributed by atoms with Crippen LogP contribution >= 0.6 is 0 Å². The number of nitrogens with zero attached hydrogens (tertiary/aromatic N) is 3. The minimum Gasteiger partial charge on any atom is -0.508 e. The van der Waals surface area contributed by atoms with Crippen LogP contribution in [0.1, 0.15) is 6.42 Å². The van der Waals surface area contributed by atoms with Crippen LogP contribution in [0, 0.1) is 5.82 Å². The quantitative estimate of drug-likeness (QED) is 0.784. The normalized spacial score (nSPS) is 11.5. The van der Waals surface area contributed by atoms with Crippen molar-refractivity contribution < 1.29 is 9.50 Å². The largest absolute Gasteiger partial charge is 0.508 e. The summed E-state index contributed by atoms with van der Waals surface area (Å²) >= 11 is 0. The van der Waals surface area contributed by atoms with Crippen LogP contribution in [0.3, 0.4) is 0 Å². The van der Waals surface area contributed by atoms with Gasteiger partial charge in [-0.1, -0.05) is 0 Å². The van der Waals surface area contributed by atoms with Gasteiger partial charge >= 0.3 is 0 Å². The first-order valence-electron chi connectivity index (χ1n) is 7.62. The van der Waals surface area contributed by atoms with Crippen molar-refractivity contribution in [2.75, 3.05) is 20.6 Å². The number of phenols is 1. The molecular formula is C18H20FN3O. The van der Waals surface area contributed by atoms with Gasteiger partial charge in [-0.2, -0.15) is 0 Å². The van der Waals surface area contributed by atoms with E-state index in [0.29, 0.717) is 0 Å². The third-order valence-corrected chi connectivity index (χ3v) is 3.87. The highest BCUT2D eigenvalue weighted by molar-refractivity contribution is 5.88. The van der Waals surface area contributed by atoms with Crippen LogP contribution in [0.25, 0.3) is 22.2 Å². The minimum atomic E-state index is -0.351. The topological polar surface area (TPSA) is 41.3 Å². The van der Waals surface area contributed by atoms with Crippen molar-refractivity contribution in [2.24, 2.45) is 0 Å². The van der Waals surface area contributed by atoms with Crippen LogP contribution in [0.5, 0.6) is 5.75 Å². The molecule has 0 aliphatic rings. The lowest BCUT2D eigenvalue weighted by atomic mass is 10.2. The van der Waals surface area contributed by atoms with Crippen LogP contribution in [0.2, 0.25) is 0 Å². The summed E-state index contributed by atoms with van der Waals surface area (Å²) in [6, 6.07) is 8.77. The molecule has 0 aliphatic heterocycles. The second-order valence-electron chi connectivity index (χ2n) is 5.97. The van der Waals surface area contributed by atoms with E-state index in [1.54, 1.807) is 18.3 Å². The average molecular weight is 313 g/mol. The molecule has 2 aromatic heterocycles. The molecule has 23 heavy (non-hydrogen) atoms. The number of halogens is 1. The summed E-state index contributed by atoms with van der Waals surface area (Å²) in [5.74, 6) is -0.123. The molecular weight excluding hydrogens is 293 g/mol. The lowest BCUT2D eigenvalue weighted by Crippen LogP contribution is -2.15. The first-order valence-corrected chi connectivity index (χ1v) is 7.62. The lowest BCUT2D eigenvalue weighted by molar-refractivity contribution is 0.388. The zero-order chi connectivity index (χ0) is 16.4. The van der Waals surface area contributed by atoms with Gasteiger partial charge in [-0.05, 0) is 57.4 Å². The Morgan fingerprint density at radius 2 is 2.00 bits per heavy atom. The number of hydrogen-bond acceptors (Lipinski definition) is 3. The summed E-state index contributed by atoms with van der Waals surface area (Å²) in [6.07, 6.45) is 3.85. The van der Waals surface area contributed by atoms with Crippen LogP contribution in [0.4, 0.5) is 4.39 Å². The molecule has 1 aromatic carbocycles. The molecule has 0 aliphatic carbocycles. The van der Waals surface area contributed by atoms with Crippen molar-refractivity contribution >= 4 is 10.9 Å². The molecule has 5 heteroatoms. The van der Waals surface area contributed by atoms with Gasteiger partial charge in [-0.25, -0.2) is 4.39 Å². The molecule has 0 amide bonds. The second kappa shape index (κ2) is 6.38. The van der Waals surface area contributed by atoms with E-state index < -0.39 is 0 Å². The Bertz CT molecular complexity index is 826. The molecule has 0 bridgehead atoms. The van der Waals surface area contributed by atoms with Crippen LogP contribution < -0.4 is 0 Å². The van der Waals surface area contributed by atoms with Gasteiger partial charge in [0.2, 0.25) is 0 Å². The highest BCUT2D eigenvalue weighted by Gasteiger charge is 2.12. The zero-order valence-corrected chi connectivity index (χ0v) is 13.3. The fourth-order valence-electron chi connectivity index (χ4n) is 2.84. The maximum Gasteiger partial charge on any atom is 0.142 e. The number of phenolic OH excluding ortho intramolecular Hbond substituents is 1. The molecule has 0 spiro atoms. The molecule has 4 nitrogen and oxygen atoms in total. The first kappa shape index (κ1) is 15.5. The standard InChI is InChI=1S/C18H20FN3O/c1-21(2)6-3-7-22-17-5-4-16(23)9-13(17)10-18(22)14-8-15(19)12-20-11-14/h4-5,8-12,23H,3,6-7H2,1-2H3. The van der Waals surface area contributed by atoms with Crippen molar-refractivity contribution in [3.63, 3.8) is 0 Å². The predicted octanol–water partition coefficient (Wildman–Crippen LogP) is 3.50. The fraction of sp³-hybridized carbons (Fsp3) is 0.278. The molecule has 0 radical (unpaired) electrons. The third kappa shape index (κ3) is 3.35. The van der Waals surface area contributed by atoms with Gasteiger partial charge < -0.3 is 14.6 Å². The summed E-state index contributed by atoms with van der Waals surface area (Å²) < 4.78 is 15.7. The number of rotatable bonds is 5. The predicted molar refractivity (Wildman–Crippen MR) is 90.0 cm³/mol. The maximum absolute atomic E-state index is 13.5. The zero-order valence-electron chi connectivity index (χ0n) is 13.3. The molecule has 3 aromatic rings. The van der Waals surface area contributed by atoms with Crippen molar-refractivity contribution in [3.05, 3.63) is 48.5 Å². The summed E-state index contributed by atoms with van der Waals surface area (Å²) in [6.45, 7) is 1.79. The van der Waals surface area contributed by atoms with Crippen molar-refractivity contribution in [2.45, 2.75) is 13.0 Å². The third-order valence-electron chi connectivity index (χ3n) is 3.87. The Morgan fingerprint density at radius 1 is 1.17 bits per heavy atom. The van der Waals surface area contributed by atoms with Gasteiger partial charge in [-0.3, -0.25) is 4.98 Å². The summed E-state index contributed by atoms with van der Waals surface area (Å²) in [4.78, 5) is 6.09. The number of fused-ring (bicyclic) bond motifs is 1. The van der Waals surface area contributed by atoms with Gasteiger partial charge in [0.25, 0.3) is 0 Å². The smallest absolute Gasteiger partial charge is 0.142 e. The first-order chi connectivity index (χ1) is 11.0. The number of benzene rings is 1. The van der Waals surface area contributed by atoms with Crippen molar-refractivity contribution in [1.82, 2.24) is 14.5 Å². The summed E-state index contributed by atoms with van der Waals surface area (Å²) in [5.41, 5.74) is 2.68. The Morgan fingerprint density at radius 3 is 2.74 bits per heavy atom. The Kier molecular flexibility index (Phi) is 4.30. The number of pyridine rings is 1. The SMILES string of the molecule is CN(C)CCCn1c(-c2cncc(F)c2)cc2cc(O)ccc21. The number of aromatic nitrogens is 2. The van der Waals surface area contributed by atoms with E-state index in [4.69, 9.17) is 0 Å². The monoisotopic (exact) mass is 313 g/mol. The van der Waals surface area contributed by atoms with E-state index in [1.165, 1.54) is 12.3 Å². The lowest BCUT2D eigenvalue weighted by Gasteiger charge is -2.13. The van der Waals surface area contributed by atoms with E-state index in [1.807, 2.05) is 26.2 Å². The minimum absolute atomic E-state index is 0.229. The molecule has 0 saturated carbocycles. The highest BCUT2D eigenvalue weighted by Crippen LogP contribution is 2.30. The van der Waals surface area contributed by atoms with Crippen molar-refractivity contribution in [3.8, 4) is 17.0 Å². The molecule has 3 rings (SSSR count). The molecule has 0 saturated heterocycles.